The molecule has 72 valence electrons. The quantitative estimate of drug-likeness (QED) is 0.534. The number of carbonyl (C=O) groups is 1. The third-order valence-corrected chi connectivity index (χ3v) is 2.31. The summed E-state index contributed by atoms with van der Waals surface area (Å²) in [4.78, 5) is 10.7. The van der Waals surface area contributed by atoms with Crippen molar-refractivity contribution in [2.24, 2.45) is 0 Å². The van der Waals surface area contributed by atoms with Gasteiger partial charge in [-0.05, 0) is 6.42 Å². The molecular formula is C9H18BrNO. The van der Waals surface area contributed by atoms with Crippen molar-refractivity contribution in [3.63, 3.8) is 0 Å². The fourth-order valence-corrected chi connectivity index (χ4v) is 1.31. The van der Waals surface area contributed by atoms with E-state index in [9.17, 15) is 4.79 Å². The number of hydrogen-bond donors (Lipinski definition) is 1. The zero-order valence-electron chi connectivity index (χ0n) is 7.74. The zero-order valence-corrected chi connectivity index (χ0v) is 9.32. The van der Waals surface area contributed by atoms with Crippen LogP contribution >= 0.6 is 16.1 Å². The van der Waals surface area contributed by atoms with Gasteiger partial charge in [-0.2, -0.15) is 0 Å². The van der Waals surface area contributed by atoms with E-state index in [0.29, 0.717) is 6.42 Å². The van der Waals surface area contributed by atoms with Crippen LogP contribution in [0.4, 0.5) is 0 Å². The number of rotatable bonds is 7. The summed E-state index contributed by atoms with van der Waals surface area (Å²) in [6, 6.07) is 0. The Morgan fingerprint density at radius 2 is 1.75 bits per heavy atom. The lowest BCUT2D eigenvalue weighted by Gasteiger charge is -1.99. The molecule has 0 heterocycles. The normalized spacial score (nSPS) is 9.83. The Hall–Kier alpha value is -0.0500. The Morgan fingerprint density at radius 3 is 2.33 bits per heavy atom. The molecular weight excluding hydrogens is 218 g/mol. The van der Waals surface area contributed by atoms with Crippen molar-refractivity contribution < 1.29 is 4.79 Å². The lowest BCUT2D eigenvalue weighted by atomic mass is 10.1. The van der Waals surface area contributed by atoms with Gasteiger partial charge < -0.3 is 0 Å². The highest BCUT2D eigenvalue weighted by molar-refractivity contribution is 9.08. The molecule has 1 amide bonds. The number of carbonyl (C=O) groups excluding carboxylic acids is 1. The molecule has 0 aliphatic rings. The van der Waals surface area contributed by atoms with Gasteiger partial charge in [0.1, 0.15) is 0 Å². The lowest BCUT2D eigenvalue weighted by molar-refractivity contribution is -0.119. The molecule has 1 N–H and O–H groups in total. The molecule has 0 radical (unpaired) electrons. The largest absolute Gasteiger partial charge is 0.293 e. The summed E-state index contributed by atoms with van der Waals surface area (Å²) < 4.78 is 2.44. The SMILES string of the molecule is CCCCCCCCC(=O)NBr. The van der Waals surface area contributed by atoms with Crippen LogP contribution in [0.25, 0.3) is 0 Å². The van der Waals surface area contributed by atoms with Crippen LogP contribution in [0.2, 0.25) is 0 Å². The van der Waals surface area contributed by atoms with E-state index in [1.807, 2.05) is 0 Å². The van der Waals surface area contributed by atoms with E-state index in [1.165, 1.54) is 32.1 Å². The topological polar surface area (TPSA) is 29.1 Å². The first-order valence-electron chi connectivity index (χ1n) is 4.70. The first-order valence-corrected chi connectivity index (χ1v) is 5.50. The first kappa shape index (κ1) is 11.9. The molecule has 12 heavy (non-hydrogen) atoms. The third kappa shape index (κ3) is 8.05. The average molecular weight is 236 g/mol. The van der Waals surface area contributed by atoms with E-state index in [1.54, 1.807) is 0 Å². The summed E-state index contributed by atoms with van der Waals surface area (Å²) in [5, 5.41) is 0. The molecule has 0 saturated heterocycles. The minimum Gasteiger partial charge on any atom is -0.293 e. The van der Waals surface area contributed by atoms with Gasteiger partial charge in [-0.3, -0.25) is 9.14 Å². The van der Waals surface area contributed by atoms with E-state index in [2.05, 4.69) is 27.4 Å². The van der Waals surface area contributed by atoms with E-state index < -0.39 is 0 Å². The minimum absolute atomic E-state index is 0.0884. The van der Waals surface area contributed by atoms with E-state index >= 15 is 0 Å². The second-order valence-corrected chi connectivity index (χ2v) is 3.43. The maximum absolute atomic E-state index is 10.7. The first-order chi connectivity index (χ1) is 5.81. The average Bonchev–Trinajstić information content (AvgIpc) is 2.10. The number of unbranched alkanes of at least 4 members (excludes halogenated alkanes) is 5. The van der Waals surface area contributed by atoms with Gasteiger partial charge in [0.15, 0.2) is 0 Å². The predicted molar refractivity (Wildman–Crippen MR) is 55.1 cm³/mol. The molecule has 0 bridgehead atoms. The van der Waals surface area contributed by atoms with Crippen molar-refractivity contribution in [1.82, 2.24) is 4.34 Å². The lowest BCUT2D eigenvalue weighted by Crippen LogP contribution is -2.10. The summed E-state index contributed by atoms with van der Waals surface area (Å²) in [6.45, 7) is 2.21. The fourth-order valence-electron chi connectivity index (χ4n) is 1.11. The second kappa shape index (κ2) is 9.04. The van der Waals surface area contributed by atoms with Crippen molar-refractivity contribution in [3.05, 3.63) is 0 Å². The molecule has 0 rings (SSSR count). The standard InChI is InChI=1S/C9H18BrNO/c1-2-3-4-5-6-7-8-9(12)11-10/h2-8H2,1H3,(H,11,12). The Labute approximate surface area is 83.4 Å². The van der Waals surface area contributed by atoms with Crippen LogP contribution in [0, 0.1) is 0 Å². The van der Waals surface area contributed by atoms with Crippen LogP contribution < -0.4 is 4.34 Å². The highest BCUT2D eigenvalue weighted by atomic mass is 79.9. The molecule has 0 saturated carbocycles. The number of hydrogen-bond acceptors (Lipinski definition) is 1. The molecule has 0 aromatic heterocycles. The molecule has 2 nitrogen and oxygen atoms in total. The van der Waals surface area contributed by atoms with Gasteiger partial charge in [-0.15, -0.1) is 0 Å². The van der Waals surface area contributed by atoms with Crippen LogP contribution in [0.15, 0.2) is 0 Å². The van der Waals surface area contributed by atoms with Crippen LogP contribution in [-0.4, -0.2) is 5.91 Å². The predicted octanol–water partition coefficient (Wildman–Crippen LogP) is 3.16. The molecule has 3 heteroatoms. The van der Waals surface area contributed by atoms with Crippen molar-refractivity contribution in [3.8, 4) is 0 Å². The Bertz CT molecular complexity index is 117. The summed E-state index contributed by atoms with van der Waals surface area (Å²) in [6.07, 6.45) is 8.03. The highest BCUT2D eigenvalue weighted by Crippen LogP contribution is 2.06. The van der Waals surface area contributed by atoms with Gasteiger partial charge >= 0.3 is 0 Å². The van der Waals surface area contributed by atoms with Crippen molar-refractivity contribution >= 4 is 22.1 Å². The van der Waals surface area contributed by atoms with E-state index in [0.717, 1.165) is 6.42 Å². The van der Waals surface area contributed by atoms with E-state index in [-0.39, 0.29) is 5.91 Å². The van der Waals surface area contributed by atoms with Crippen LogP contribution in [0.3, 0.4) is 0 Å². The van der Waals surface area contributed by atoms with Crippen molar-refractivity contribution in [1.29, 1.82) is 0 Å². The number of halogens is 1. The zero-order chi connectivity index (χ0) is 9.23. The maximum atomic E-state index is 10.7. The smallest absolute Gasteiger partial charge is 0.229 e. The molecule has 0 spiro atoms. The molecule has 0 aliphatic carbocycles. The van der Waals surface area contributed by atoms with Crippen molar-refractivity contribution in [2.75, 3.05) is 0 Å². The summed E-state index contributed by atoms with van der Waals surface area (Å²) in [5.74, 6) is 0.0884. The minimum atomic E-state index is 0.0884. The summed E-state index contributed by atoms with van der Waals surface area (Å²) in [5.41, 5.74) is 0. The maximum Gasteiger partial charge on any atom is 0.229 e. The third-order valence-electron chi connectivity index (χ3n) is 1.86. The fraction of sp³-hybridized carbons (Fsp3) is 0.889. The van der Waals surface area contributed by atoms with Gasteiger partial charge in [0.05, 0.1) is 0 Å². The second-order valence-electron chi connectivity index (χ2n) is 3.04. The van der Waals surface area contributed by atoms with Crippen LogP contribution in [0.1, 0.15) is 51.9 Å². The Kier molecular flexibility index (Phi) is 9.00. The highest BCUT2D eigenvalue weighted by Gasteiger charge is 1.97. The van der Waals surface area contributed by atoms with Gasteiger partial charge in [-0.1, -0.05) is 39.0 Å². The monoisotopic (exact) mass is 235 g/mol. The van der Waals surface area contributed by atoms with Gasteiger partial charge in [0, 0.05) is 22.6 Å². The molecule has 0 fully saturated rings. The Balaban J connectivity index is 2.95. The molecule has 0 aliphatic heterocycles. The molecule has 0 aromatic carbocycles. The molecule has 0 atom stereocenters. The van der Waals surface area contributed by atoms with Gasteiger partial charge in [0.25, 0.3) is 0 Å². The molecule has 0 unspecified atom stereocenters. The van der Waals surface area contributed by atoms with E-state index in [4.69, 9.17) is 0 Å². The van der Waals surface area contributed by atoms with Crippen LogP contribution in [-0.2, 0) is 4.79 Å². The van der Waals surface area contributed by atoms with Crippen LogP contribution in [0.5, 0.6) is 0 Å². The summed E-state index contributed by atoms with van der Waals surface area (Å²) in [7, 11) is 0. The summed E-state index contributed by atoms with van der Waals surface area (Å²) >= 11 is 2.91. The Morgan fingerprint density at radius 1 is 1.17 bits per heavy atom. The molecule has 0 aromatic rings. The van der Waals surface area contributed by atoms with Gasteiger partial charge in [-0.25, -0.2) is 0 Å². The van der Waals surface area contributed by atoms with Gasteiger partial charge in [0.2, 0.25) is 5.91 Å². The number of amides is 1. The van der Waals surface area contributed by atoms with Crippen molar-refractivity contribution in [2.45, 2.75) is 51.9 Å². The number of nitrogens with one attached hydrogen (secondary N) is 1.